The van der Waals surface area contributed by atoms with Crippen LogP contribution in [0, 0.1) is 6.92 Å². The third-order valence-corrected chi connectivity index (χ3v) is 5.36. The molecule has 4 nitrogen and oxygen atoms in total. The van der Waals surface area contributed by atoms with Crippen LogP contribution >= 0.6 is 11.8 Å². The van der Waals surface area contributed by atoms with Crippen LogP contribution in [-0.2, 0) is 9.53 Å². The van der Waals surface area contributed by atoms with Crippen LogP contribution in [0.5, 0.6) is 0 Å². The molecule has 25 heavy (non-hydrogen) atoms. The number of carbonyl (C=O) groups excluding carboxylic acids is 2. The molecular weight excluding hydrogens is 334 g/mol. The largest absolute Gasteiger partial charge is 0.452 e. The van der Waals surface area contributed by atoms with Crippen LogP contribution in [0.25, 0.3) is 0 Å². The van der Waals surface area contributed by atoms with Crippen LogP contribution < -0.4 is 4.90 Å². The van der Waals surface area contributed by atoms with E-state index in [1.165, 1.54) is 0 Å². The van der Waals surface area contributed by atoms with Gasteiger partial charge in [-0.15, -0.1) is 11.8 Å². The molecule has 1 aliphatic heterocycles. The predicted molar refractivity (Wildman–Crippen MR) is 100 cm³/mol. The minimum atomic E-state index is -0.470. The number of amides is 1. The first-order valence-electron chi connectivity index (χ1n) is 8.34. The molecule has 0 fully saturated rings. The van der Waals surface area contributed by atoms with E-state index in [-0.39, 0.29) is 12.5 Å². The first-order chi connectivity index (χ1) is 12.0. The van der Waals surface area contributed by atoms with E-state index < -0.39 is 5.97 Å². The Bertz CT molecular complexity index is 790. The number of aryl methyl sites for hydroxylation is 1. The topological polar surface area (TPSA) is 46.6 Å². The van der Waals surface area contributed by atoms with Crippen molar-refractivity contribution < 1.29 is 14.3 Å². The highest BCUT2D eigenvalue weighted by molar-refractivity contribution is 8.00. The van der Waals surface area contributed by atoms with Gasteiger partial charge in [0.05, 0.1) is 11.3 Å². The first kappa shape index (κ1) is 17.5. The van der Waals surface area contributed by atoms with E-state index in [9.17, 15) is 9.59 Å². The fraction of sp³-hybridized carbons (Fsp3) is 0.300. The van der Waals surface area contributed by atoms with Crippen LogP contribution in [0.15, 0.2) is 53.4 Å². The summed E-state index contributed by atoms with van der Waals surface area (Å²) in [5, 5.41) is 0.439. The molecule has 1 aliphatic rings. The maximum Gasteiger partial charge on any atom is 0.338 e. The number of hydrogen-bond acceptors (Lipinski definition) is 4. The van der Waals surface area contributed by atoms with Crippen molar-refractivity contribution in [3.8, 4) is 0 Å². The maximum atomic E-state index is 12.7. The zero-order valence-electron chi connectivity index (χ0n) is 14.4. The summed E-state index contributed by atoms with van der Waals surface area (Å²) in [5.41, 5.74) is 2.34. The molecule has 0 aromatic heterocycles. The van der Waals surface area contributed by atoms with Crippen LogP contribution in [0.2, 0.25) is 0 Å². The normalized spacial score (nSPS) is 16.7. The van der Waals surface area contributed by atoms with Gasteiger partial charge in [0, 0.05) is 16.7 Å². The van der Waals surface area contributed by atoms with Gasteiger partial charge in [0.15, 0.2) is 6.61 Å². The third-order valence-electron chi connectivity index (χ3n) is 4.13. The molecule has 1 atom stereocenters. The second kappa shape index (κ2) is 7.74. The fourth-order valence-electron chi connectivity index (χ4n) is 2.81. The third kappa shape index (κ3) is 4.23. The monoisotopic (exact) mass is 355 g/mol. The van der Waals surface area contributed by atoms with E-state index in [0.717, 1.165) is 22.6 Å². The maximum absolute atomic E-state index is 12.7. The van der Waals surface area contributed by atoms with Gasteiger partial charge in [-0.1, -0.05) is 36.8 Å². The molecule has 0 saturated carbocycles. The Hall–Kier alpha value is -2.27. The molecular formula is C20H21NO3S. The Morgan fingerprint density at radius 1 is 1.20 bits per heavy atom. The summed E-state index contributed by atoms with van der Waals surface area (Å²) in [6, 6.07) is 15.0. The lowest BCUT2D eigenvalue weighted by Crippen LogP contribution is -2.35. The highest BCUT2D eigenvalue weighted by Crippen LogP contribution is 2.37. The van der Waals surface area contributed by atoms with Gasteiger partial charge in [-0.3, -0.25) is 4.79 Å². The number of ether oxygens (including phenoxy) is 1. The molecule has 0 N–H and O–H groups in total. The van der Waals surface area contributed by atoms with Gasteiger partial charge in [-0.05, 0) is 37.6 Å². The standard InChI is InChI=1S/C20H21NO3S/c1-14-6-5-7-16(12-14)20(23)24-13-19(22)21-11-10-15(2)25-18-9-4-3-8-17(18)21/h3-9,12,15H,10-11,13H2,1-2H3/t15-/m1/s1. The van der Waals surface area contributed by atoms with Crippen LogP contribution in [0.3, 0.4) is 0 Å². The molecule has 0 spiro atoms. The molecule has 1 amide bonds. The van der Waals surface area contributed by atoms with E-state index in [2.05, 4.69) is 6.92 Å². The predicted octanol–water partition coefficient (Wildman–Crippen LogP) is 4.07. The van der Waals surface area contributed by atoms with Gasteiger partial charge in [-0.2, -0.15) is 0 Å². The Labute approximate surface area is 152 Å². The van der Waals surface area contributed by atoms with Gasteiger partial charge >= 0.3 is 5.97 Å². The van der Waals surface area contributed by atoms with E-state index >= 15 is 0 Å². The average Bonchev–Trinajstić information content (AvgIpc) is 2.77. The summed E-state index contributed by atoms with van der Waals surface area (Å²) in [4.78, 5) is 27.6. The lowest BCUT2D eigenvalue weighted by atomic mass is 10.1. The van der Waals surface area contributed by atoms with Crippen molar-refractivity contribution in [2.75, 3.05) is 18.1 Å². The Balaban J connectivity index is 1.70. The number of hydrogen-bond donors (Lipinski definition) is 0. The highest BCUT2D eigenvalue weighted by atomic mass is 32.2. The number of esters is 1. The van der Waals surface area contributed by atoms with Gasteiger partial charge < -0.3 is 9.64 Å². The number of fused-ring (bicyclic) bond motifs is 1. The van der Waals surface area contributed by atoms with Crippen molar-refractivity contribution in [1.82, 2.24) is 0 Å². The number of thioether (sulfide) groups is 1. The molecule has 2 aromatic carbocycles. The van der Waals surface area contributed by atoms with Gasteiger partial charge in [0.25, 0.3) is 5.91 Å². The number of carbonyl (C=O) groups is 2. The summed E-state index contributed by atoms with van der Waals surface area (Å²) in [7, 11) is 0. The molecule has 130 valence electrons. The Morgan fingerprint density at radius 2 is 2.00 bits per heavy atom. The minimum absolute atomic E-state index is 0.192. The zero-order valence-corrected chi connectivity index (χ0v) is 15.2. The number of benzene rings is 2. The van der Waals surface area contributed by atoms with Crippen molar-refractivity contribution in [2.24, 2.45) is 0 Å². The number of para-hydroxylation sites is 1. The summed E-state index contributed by atoms with van der Waals surface area (Å²) in [5.74, 6) is -0.661. The van der Waals surface area contributed by atoms with E-state index in [1.54, 1.807) is 34.9 Å². The number of nitrogens with zero attached hydrogens (tertiary/aromatic N) is 1. The molecule has 0 saturated heterocycles. The summed E-state index contributed by atoms with van der Waals surface area (Å²) < 4.78 is 5.24. The molecule has 5 heteroatoms. The number of rotatable bonds is 3. The second-order valence-electron chi connectivity index (χ2n) is 6.18. The van der Waals surface area contributed by atoms with Crippen LogP contribution in [0.4, 0.5) is 5.69 Å². The molecule has 0 bridgehead atoms. The minimum Gasteiger partial charge on any atom is -0.452 e. The highest BCUT2D eigenvalue weighted by Gasteiger charge is 2.24. The van der Waals surface area contributed by atoms with Crippen LogP contribution in [-0.4, -0.2) is 30.3 Å². The van der Waals surface area contributed by atoms with E-state index in [4.69, 9.17) is 4.74 Å². The van der Waals surface area contributed by atoms with Crippen molar-refractivity contribution in [1.29, 1.82) is 0 Å². The van der Waals surface area contributed by atoms with E-state index in [0.29, 0.717) is 17.4 Å². The quantitative estimate of drug-likeness (QED) is 0.779. The summed E-state index contributed by atoms with van der Waals surface area (Å²) in [6.07, 6.45) is 0.900. The molecule has 0 unspecified atom stereocenters. The molecule has 3 rings (SSSR count). The average molecular weight is 355 g/mol. The smallest absolute Gasteiger partial charge is 0.338 e. The van der Waals surface area contributed by atoms with Gasteiger partial charge in [0.2, 0.25) is 0 Å². The number of anilines is 1. The SMILES string of the molecule is Cc1cccc(C(=O)OCC(=O)N2CC[C@@H](C)Sc3ccccc32)c1. The molecule has 1 heterocycles. The zero-order chi connectivity index (χ0) is 17.8. The van der Waals surface area contributed by atoms with Gasteiger partial charge in [-0.25, -0.2) is 4.79 Å². The summed E-state index contributed by atoms with van der Waals surface area (Å²) >= 11 is 1.78. The van der Waals surface area contributed by atoms with E-state index in [1.807, 2.05) is 37.3 Å². The van der Waals surface area contributed by atoms with Crippen molar-refractivity contribution >= 4 is 29.3 Å². The lowest BCUT2D eigenvalue weighted by molar-refractivity contribution is -0.121. The van der Waals surface area contributed by atoms with Crippen LogP contribution in [0.1, 0.15) is 29.3 Å². The van der Waals surface area contributed by atoms with Crippen molar-refractivity contribution in [3.63, 3.8) is 0 Å². The fourth-order valence-corrected chi connectivity index (χ4v) is 3.92. The van der Waals surface area contributed by atoms with Crippen molar-refractivity contribution in [3.05, 3.63) is 59.7 Å². The first-order valence-corrected chi connectivity index (χ1v) is 9.22. The Morgan fingerprint density at radius 3 is 2.80 bits per heavy atom. The summed E-state index contributed by atoms with van der Waals surface area (Å²) in [6.45, 7) is 4.45. The molecule has 0 aliphatic carbocycles. The molecule has 2 aromatic rings. The molecule has 0 radical (unpaired) electrons. The van der Waals surface area contributed by atoms with Gasteiger partial charge in [0.1, 0.15) is 0 Å². The lowest BCUT2D eigenvalue weighted by Gasteiger charge is -2.22. The second-order valence-corrected chi connectivity index (χ2v) is 7.66. The van der Waals surface area contributed by atoms with Crippen molar-refractivity contribution in [2.45, 2.75) is 30.4 Å². The Kier molecular flexibility index (Phi) is 5.43.